The second kappa shape index (κ2) is 6.64. The van der Waals surface area contributed by atoms with Gasteiger partial charge in [-0.1, -0.05) is 36.8 Å². The lowest BCUT2D eigenvalue weighted by Crippen LogP contribution is -2.37. The summed E-state index contributed by atoms with van der Waals surface area (Å²) in [6.45, 7) is 1.26. The Bertz CT molecular complexity index is 886. The molecule has 2 fully saturated rings. The van der Waals surface area contributed by atoms with Crippen LogP contribution in [-0.4, -0.2) is 36.1 Å². The maximum atomic E-state index is 12.5. The first-order chi connectivity index (χ1) is 13.0. The number of benzene rings is 1. The minimum Gasteiger partial charge on any atom is -0.469 e. The molecule has 7 nitrogen and oxygen atoms in total. The minimum atomic E-state index is -0.481. The summed E-state index contributed by atoms with van der Waals surface area (Å²) in [5.74, 6) is 0.747. The molecule has 0 N–H and O–H groups in total. The van der Waals surface area contributed by atoms with E-state index in [-0.39, 0.29) is 17.6 Å². The van der Waals surface area contributed by atoms with Gasteiger partial charge in [0.15, 0.2) is 5.69 Å². The number of hydrogen-bond donors (Lipinski definition) is 0. The standard InChI is InChI=1S/C20H21N3O4/c1-27-19(24)20-11-5-8-15(20)12-22(13-20)17-10-9-16(23(25)26)18(21-17)14-6-3-2-4-7-14/h2-4,6-7,9-10,15H,5,8,11-13H2,1H3. The molecule has 1 saturated heterocycles. The third kappa shape index (κ3) is 2.83. The number of fused-ring (bicyclic) bond motifs is 1. The number of carbonyl (C=O) groups is 1. The first-order valence-electron chi connectivity index (χ1n) is 9.09. The van der Waals surface area contributed by atoms with Crippen molar-refractivity contribution < 1.29 is 14.5 Å². The van der Waals surface area contributed by atoms with Crippen molar-refractivity contribution in [3.63, 3.8) is 0 Å². The molecule has 4 rings (SSSR count). The molecular formula is C20H21N3O4. The van der Waals surface area contributed by atoms with Crippen LogP contribution in [0, 0.1) is 21.4 Å². The molecule has 1 aromatic carbocycles. The molecule has 2 aromatic rings. The number of pyridine rings is 1. The molecule has 2 aliphatic rings. The average molecular weight is 367 g/mol. The summed E-state index contributed by atoms with van der Waals surface area (Å²) >= 11 is 0. The van der Waals surface area contributed by atoms with Gasteiger partial charge in [0.1, 0.15) is 5.82 Å². The largest absolute Gasteiger partial charge is 0.469 e. The number of aromatic nitrogens is 1. The highest BCUT2D eigenvalue weighted by Crippen LogP contribution is 2.50. The van der Waals surface area contributed by atoms with Gasteiger partial charge in [0.05, 0.1) is 17.4 Å². The zero-order chi connectivity index (χ0) is 19.0. The molecule has 0 amide bonds. The van der Waals surface area contributed by atoms with Crippen LogP contribution in [0.3, 0.4) is 0 Å². The molecule has 140 valence electrons. The molecule has 1 aliphatic heterocycles. The van der Waals surface area contributed by atoms with E-state index in [1.54, 1.807) is 6.07 Å². The molecule has 1 aliphatic carbocycles. The van der Waals surface area contributed by atoms with Gasteiger partial charge in [-0.05, 0) is 24.8 Å². The lowest BCUT2D eigenvalue weighted by Gasteiger charge is -2.25. The van der Waals surface area contributed by atoms with Crippen molar-refractivity contribution in [3.8, 4) is 11.3 Å². The molecule has 0 radical (unpaired) electrons. The fraction of sp³-hybridized carbons (Fsp3) is 0.400. The fourth-order valence-corrected chi connectivity index (χ4v) is 4.57. The molecule has 2 unspecified atom stereocenters. The second-order valence-electron chi connectivity index (χ2n) is 7.28. The van der Waals surface area contributed by atoms with Crippen molar-refractivity contribution in [2.75, 3.05) is 25.1 Å². The number of esters is 1. The van der Waals surface area contributed by atoms with Crippen LogP contribution < -0.4 is 4.90 Å². The van der Waals surface area contributed by atoms with Crippen LogP contribution >= 0.6 is 0 Å². The Balaban J connectivity index is 1.71. The topological polar surface area (TPSA) is 85.6 Å². The van der Waals surface area contributed by atoms with Crippen LogP contribution in [0.15, 0.2) is 42.5 Å². The lowest BCUT2D eigenvalue weighted by molar-refractivity contribution is -0.384. The van der Waals surface area contributed by atoms with E-state index in [9.17, 15) is 14.9 Å². The number of hydrogen-bond acceptors (Lipinski definition) is 6. The van der Waals surface area contributed by atoms with E-state index in [0.29, 0.717) is 30.2 Å². The number of nitrogens with zero attached hydrogens (tertiary/aromatic N) is 3. The van der Waals surface area contributed by atoms with E-state index in [4.69, 9.17) is 4.74 Å². The SMILES string of the molecule is COC(=O)C12CCCC1CN(c1ccc([N+](=O)[O-])c(-c3ccccc3)n1)C2. The van der Waals surface area contributed by atoms with Crippen molar-refractivity contribution in [3.05, 3.63) is 52.6 Å². The lowest BCUT2D eigenvalue weighted by atomic mass is 9.81. The van der Waals surface area contributed by atoms with Gasteiger partial charge in [-0.2, -0.15) is 0 Å². The van der Waals surface area contributed by atoms with Crippen molar-refractivity contribution in [1.82, 2.24) is 4.98 Å². The van der Waals surface area contributed by atoms with Gasteiger partial charge in [-0.15, -0.1) is 0 Å². The Hall–Kier alpha value is -2.96. The number of rotatable bonds is 4. The van der Waals surface area contributed by atoms with E-state index in [0.717, 1.165) is 19.3 Å². The van der Waals surface area contributed by atoms with Gasteiger partial charge >= 0.3 is 5.97 Å². The molecular weight excluding hydrogens is 346 g/mol. The first-order valence-corrected chi connectivity index (χ1v) is 9.09. The van der Waals surface area contributed by atoms with E-state index in [1.807, 2.05) is 30.3 Å². The number of nitro groups is 1. The molecule has 1 aromatic heterocycles. The third-order valence-electron chi connectivity index (χ3n) is 5.89. The summed E-state index contributed by atoms with van der Waals surface area (Å²) in [7, 11) is 1.44. The summed E-state index contributed by atoms with van der Waals surface area (Å²) in [5, 5.41) is 11.5. The Kier molecular flexibility index (Phi) is 4.30. The van der Waals surface area contributed by atoms with Crippen molar-refractivity contribution in [2.24, 2.45) is 11.3 Å². The fourth-order valence-electron chi connectivity index (χ4n) is 4.57. The van der Waals surface area contributed by atoms with Gasteiger partial charge in [0.25, 0.3) is 5.69 Å². The number of ether oxygens (including phenoxy) is 1. The van der Waals surface area contributed by atoms with Crippen LogP contribution in [0.2, 0.25) is 0 Å². The van der Waals surface area contributed by atoms with E-state index in [1.165, 1.54) is 13.2 Å². The summed E-state index contributed by atoms with van der Waals surface area (Å²) in [5.41, 5.74) is 0.549. The van der Waals surface area contributed by atoms with E-state index >= 15 is 0 Å². The Morgan fingerprint density at radius 3 is 2.78 bits per heavy atom. The highest BCUT2D eigenvalue weighted by Gasteiger charge is 2.55. The summed E-state index contributed by atoms with van der Waals surface area (Å²) in [4.78, 5) is 30.2. The van der Waals surface area contributed by atoms with Gasteiger partial charge in [-0.3, -0.25) is 14.9 Å². The van der Waals surface area contributed by atoms with Crippen LogP contribution in [-0.2, 0) is 9.53 Å². The minimum absolute atomic E-state index is 0.0213. The van der Waals surface area contributed by atoms with Gasteiger partial charge in [0.2, 0.25) is 0 Å². The Morgan fingerprint density at radius 2 is 2.07 bits per heavy atom. The predicted octanol–water partition coefficient (Wildman–Crippen LogP) is 3.44. The highest BCUT2D eigenvalue weighted by atomic mass is 16.6. The average Bonchev–Trinajstić information content (AvgIpc) is 3.26. The van der Waals surface area contributed by atoms with Gasteiger partial charge < -0.3 is 9.64 Å². The maximum absolute atomic E-state index is 12.5. The molecule has 2 heterocycles. The van der Waals surface area contributed by atoms with E-state index < -0.39 is 10.3 Å². The molecule has 2 atom stereocenters. The predicted molar refractivity (Wildman–Crippen MR) is 100 cm³/mol. The van der Waals surface area contributed by atoms with Crippen LogP contribution in [0.4, 0.5) is 11.5 Å². The second-order valence-corrected chi connectivity index (χ2v) is 7.28. The zero-order valence-corrected chi connectivity index (χ0v) is 15.1. The summed E-state index contributed by atoms with van der Waals surface area (Å²) in [6, 6.07) is 12.3. The zero-order valence-electron chi connectivity index (χ0n) is 15.1. The summed E-state index contributed by atoms with van der Waals surface area (Å²) in [6.07, 6.45) is 2.83. The molecule has 0 bridgehead atoms. The number of anilines is 1. The van der Waals surface area contributed by atoms with Crippen LogP contribution in [0.1, 0.15) is 19.3 Å². The first kappa shape index (κ1) is 17.5. The Labute approximate surface area is 157 Å². The van der Waals surface area contributed by atoms with Crippen molar-refractivity contribution in [2.45, 2.75) is 19.3 Å². The number of carbonyl (C=O) groups excluding carboxylic acids is 1. The smallest absolute Gasteiger partial charge is 0.313 e. The van der Waals surface area contributed by atoms with Gasteiger partial charge in [0, 0.05) is 24.7 Å². The van der Waals surface area contributed by atoms with Gasteiger partial charge in [-0.25, -0.2) is 4.98 Å². The monoisotopic (exact) mass is 367 g/mol. The van der Waals surface area contributed by atoms with Crippen LogP contribution in [0.5, 0.6) is 0 Å². The number of methoxy groups -OCH3 is 1. The quantitative estimate of drug-likeness (QED) is 0.467. The molecule has 0 spiro atoms. The van der Waals surface area contributed by atoms with Crippen LogP contribution in [0.25, 0.3) is 11.3 Å². The highest BCUT2D eigenvalue weighted by molar-refractivity contribution is 5.80. The van der Waals surface area contributed by atoms with Crippen molar-refractivity contribution in [1.29, 1.82) is 0 Å². The molecule has 27 heavy (non-hydrogen) atoms. The van der Waals surface area contributed by atoms with Crippen molar-refractivity contribution >= 4 is 17.5 Å². The molecule has 1 saturated carbocycles. The Morgan fingerprint density at radius 1 is 1.30 bits per heavy atom. The maximum Gasteiger partial charge on any atom is 0.313 e. The summed E-state index contributed by atoms with van der Waals surface area (Å²) < 4.78 is 5.09. The third-order valence-corrected chi connectivity index (χ3v) is 5.89. The normalized spacial score (nSPS) is 23.9. The molecule has 7 heteroatoms. The van der Waals surface area contributed by atoms with E-state index in [2.05, 4.69) is 9.88 Å².